The van der Waals surface area contributed by atoms with Gasteiger partial charge in [0.2, 0.25) is 0 Å². The van der Waals surface area contributed by atoms with Crippen LogP contribution in [0.15, 0.2) is 6.20 Å². The number of hydrogen-bond acceptors (Lipinski definition) is 3. The second-order valence-electron chi connectivity index (χ2n) is 6.49. The fourth-order valence-electron chi connectivity index (χ4n) is 3.13. The predicted octanol–water partition coefficient (Wildman–Crippen LogP) is 2.40. The number of carbonyl (C=O) groups excluding carboxylic acids is 1. The van der Waals surface area contributed by atoms with Gasteiger partial charge >= 0.3 is 0 Å². The van der Waals surface area contributed by atoms with Gasteiger partial charge in [0.05, 0.1) is 11.8 Å². The van der Waals surface area contributed by atoms with Gasteiger partial charge in [0.15, 0.2) is 0 Å². The highest BCUT2D eigenvalue weighted by atomic mass is 16.3. The first-order chi connectivity index (χ1) is 9.94. The lowest BCUT2D eigenvalue weighted by molar-refractivity contribution is 0.0337. The van der Waals surface area contributed by atoms with Crippen molar-refractivity contribution in [1.29, 1.82) is 0 Å². The summed E-state index contributed by atoms with van der Waals surface area (Å²) in [5.41, 5.74) is 1.65. The van der Waals surface area contributed by atoms with Crippen molar-refractivity contribution in [2.24, 2.45) is 5.41 Å². The Morgan fingerprint density at radius 3 is 2.48 bits per heavy atom. The molecule has 1 N–H and O–H groups in total. The Hall–Kier alpha value is -1.36. The molecule has 0 atom stereocenters. The lowest BCUT2D eigenvalue weighted by Crippen LogP contribution is -2.44. The molecule has 0 spiro atoms. The SMILES string of the molecule is CCC1(CO)CCN(C(=O)c2cnn(C(C)C)c2C)CC1. The largest absolute Gasteiger partial charge is 0.396 e. The van der Waals surface area contributed by atoms with Gasteiger partial charge < -0.3 is 10.0 Å². The van der Waals surface area contributed by atoms with E-state index in [1.807, 2.05) is 16.5 Å². The van der Waals surface area contributed by atoms with Crippen molar-refractivity contribution in [1.82, 2.24) is 14.7 Å². The molecule has 0 radical (unpaired) electrons. The van der Waals surface area contributed by atoms with E-state index in [1.54, 1.807) is 6.20 Å². The maximum absolute atomic E-state index is 12.7. The molecule has 0 unspecified atom stereocenters. The van der Waals surface area contributed by atoms with Gasteiger partial charge in [0.1, 0.15) is 0 Å². The average Bonchev–Trinajstić information content (AvgIpc) is 2.88. The molecule has 1 fully saturated rings. The van der Waals surface area contributed by atoms with Crippen molar-refractivity contribution in [3.63, 3.8) is 0 Å². The zero-order chi connectivity index (χ0) is 15.6. The monoisotopic (exact) mass is 293 g/mol. The van der Waals surface area contributed by atoms with Crippen LogP contribution in [-0.4, -0.2) is 45.4 Å². The number of aromatic nitrogens is 2. The second kappa shape index (κ2) is 6.18. The summed E-state index contributed by atoms with van der Waals surface area (Å²) < 4.78 is 1.89. The van der Waals surface area contributed by atoms with Crippen LogP contribution >= 0.6 is 0 Å². The van der Waals surface area contributed by atoms with Crippen molar-refractivity contribution in [3.8, 4) is 0 Å². The molecular weight excluding hydrogens is 266 g/mol. The maximum atomic E-state index is 12.7. The molecule has 118 valence electrons. The maximum Gasteiger partial charge on any atom is 0.257 e. The number of amides is 1. The number of piperidine rings is 1. The first-order valence-corrected chi connectivity index (χ1v) is 7.88. The number of likely N-dealkylation sites (tertiary alicyclic amines) is 1. The van der Waals surface area contributed by atoms with Crippen LogP contribution in [0.3, 0.4) is 0 Å². The van der Waals surface area contributed by atoms with E-state index >= 15 is 0 Å². The van der Waals surface area contributed by atoms with Gasteiger partial charge in [-0.15, -0.1) is 0 Å². The van der Waals surface area contributed by atoms with Crippen molar-refractivity contribution in [3.05, 3.63) is 17.5 Å². The minimum absolute atomic E-state index is 0.00788. The molecule has 5 heteroatoms. The normalized spacial score (nSPS) is 18.3. The zero-order valence-corrected chi connectivity index (χ0v) is 13.6. The number of aliphatic hydroxyl groups is 1. The van der Waals surface area contributed by atoms with Crippen LogP contribution in [0.5, 0.6) is 0 Å². The third-order valence-electron chi connectivity index (χ3n) is 4.96. The van der Waals surface area contributed by atoms with E-state index in [9.17, 15) is 9.90 Å². The Balaban J connectivity index is 2.09. The van der Waals surface area contributed by atoms with Crippen LogP contribution in [0.4, 0.5) is 0 Å². The molecule has 1 amide bonds. The highest BCUT2D eigenvalue weighted by Crippen LogP contribution is 2.34. The lowest BCUT2D eigenvalue weighted by Gasteiger charge is -2.40. The van der Waals surface area contributed by atoms with Crippen LogP contribution in [0.2, 0.25) is 0 Å². The molecule has 1 aliphatic heterocycles. The second-order valence-corrected chi connectivity index (χ2v) is 6.49. The first-order valence-electron chi connectivity index (χ1n) is 7.88. The third kappa shape index (κ3) is 2.98. The van der Waals surface area contributed by atoms with Crippen LogP contribution in [0.25, 0.3) is 0 Å². The van der Waals surface area contributed by atoms with Crippen molar-refractivity contribution in [2.75, 3.05) is 19.7 Å². The lowest BCUT2D eigenvalue weighted by atomic mass is 9.77. The van der Waals surface area contributed by atoms with Crippen LogP contribution < -0.4 is 0 Å². The Kier molecular flexibility index (Phi) is 4.71. The van der Waals surface area contributed by atoms with Gasteiger partial charge in [0.25, 0.3) is 5.91 Å². The molecule has 1 aliphatic rings. The summed E-state index contributed by atoms with van der Waals surface area (Å²) in [7, 11) is 0. The minimum atomic E-state index is 0.00788. The van der Waals surface area contributed by atoms with Crippen molar-refractivity contribution in [2.45, 2.75) is 53.0 Å². The number of nitrogens with zero attached hydrogens (tertiary/aromatic N) is 3. The van der Waals surface area contributed by atoms with Crippen LogP contribution in [-0.2, 0) is 0 Å². The van der Waals surface area contributed by atoms with E-state index in [2.05, 4.69) is 25.9 Å². The zero-order valence-electron chi connectivity index (χ0n) is 13.6. The number of aliphatic hydroxyl groups excluding tert-OH is 1. The van der Waals surface area contributed by atoms with E-state index in [1.165, 1.54) is 0 Å². The van der Waals surface area contributed by atoms with Gasteiger partial charge in [-0.3, -0.25) is 9.48 Å². The van der Waals surface area contributed by atoms with Gasteiger partial charge in [0, 0.05) is 31.4 Å². The smallest absolute Gasteiger partial charge is 0.257 e. The van der Waals surface area contributed by atoms with E-state index < -0.39 is 0 Å². The van der Waals surface area contributed by atoms with Crippen LogP contribution in [0.1, 0.15) is 62.1 Å². The van der Waals surface area contributed by atoms with E-state index in [0.717, 1.165) is 38.0 Å². The Morgan fingerprint density at radius 1 is 1.43 bits per heavy atom. The van der Waals surface area contributed by atoms with Gasteiger partial charge in [-0.05, 0) is 45.4 Å². The third-order valence-corrected chi connectivity index (χ3v) is 4.96. The Morgan fingerprint density at radius 2 is 2.05 bits per heavy atom. The molecule has 0 aliphatic carbocycles. The van der Waals surface area contributed by atoms with Crippen LogP contribution in [0, 0.1) is 12.3 Å². The molecule has 1 aromatic rings. The molecule has 0 saturated carbocycles. The highest BCUT2D eigenvalue weighted by molar-refractivity contribution is 5.95. The quantitative estimate of drug-likeness (QED) is 0.927. The summed E-state index contributed by atoms with van der Waals surface area (Å²) in [5, 5.41) is 13.9. The molecule has 1 aromatic heterocycles. The van der Waals surface area contributed by atoms with E-state index in [-0.39, 0.29) is 24.0 Å². The number of hydrogen-bond donors (Lipinski definition) is 1. The fraction of sp³-hybridized carbons (Fsp3) is 0.750. The Labute approximate surface area is 126 Å². The van der Waals surface area contributed by atoms with E-state index in [4.69, 9.17) is 0 Å². The molecule has 21 heavy (non-hydrogen) atoms. The van der Waals surface area contributed by atoms with Gasteiger partial charge in [-0.1, -0.05) is 6.92 Å². The number of carbonyl (C=O) groups is 1. The fourth-order valence-corrected chi connectivity index (χ4v) is 3.13. The van der Waals surface area contributed by atoms with E-state index in [0.29, 0.717) is 5.56 Å². The molecular formula is C16H27N3O2. The van der Waals surface area contributed by atoms with Gasteiger partial charge in [-0.25, -0.2) is 0 Å². The standard InChI is InChI=1S/C16H27N3O2/c1-5-16(11-20)6-8-18(9-7-16)15(21)14-10-17-19(12(2)3)13(14)4/h10,12,20H,5-9,11H2,1-4H3. The van der Waals surface area contributed by atoms with Crippen molar-refractivity contribution < 1.29 is 9.90 Å². The topological polar surface area (TPSA) is 58.4 Å². The molecule has 0 aromatic carbocycles. The predicted molar refractivity (Wildman–Crippen MR) is 82.3 cm³/mol. The summed E-state index contributed by atoms with van der Waals surface area (Å²) in [6.07, 6.45) is 4.41. The van der Waals surface area contributed by atoms with Crippen molar-refractivity contribution >= 4 is 5.91 Å². The molecule has 5 nitrogen and oxygen atoms in total. The molecule has 2 heterocycles. The summed E-state index contributed by atoms with van der Waals surface area (Å²) in [6, 6.07) is 0.259. The van der Waals surface area contributed by atoms with Gasteiger partial charge in [-0.2, -0.15) is 5.10 Å². The molecule has 0 bridgehead atoms. The summed E-state index contributed by atoms with van der Waals surface area (Å²) in [5.74, 6) is 0.0713. The summed E-state index contributed by atoms with van der Waals surface area (Å²) in [4.78, 5) is 14.6. The minimum Gasteiger partial charge on any atom is -0.396 e. The molecule has 1 saturated heterocycles. The highest BCUT2D eigenvalue weighted by Gasteiger charge is 2.34. The number of rotatable bonds is 4. The molecule has 2 rings (SSSR count). The Bertz CT molecular complexity index is 494. The summed E-state index contributed by atoms with van der Waals surface area (Å²) in [6.45, 7) is 9.85. The first kappa shape index (κ1) is 16.0. The summed E-state index contributed by atoms with van der Waals surface area (Å²) >= 11 is 0. The average molecular weight is 293 g/mol.